The summed E-state index contributed by atoms with van der Waals surface area (Å²) in [5.74, 6) is 0.470. The van der Waals surface area contributed by atoms with Gasteiger partial charge in [0.1, 0.15) is 11.8 Å². The molecule has 146 valence electrons. The average Bonchev–Trinajstić information content (AvgIpc) is 2.74. The number of nitriles is 1. The fourth-order valence-electron chi connectivity index (χ4n) is 3.59. The summed E-state index contributed by atoms with van der Waals surface area (Å²) in [6, 6.07) is 19.4. The highest BCUT2D eigenvalue weighted by Gasteiger charge is 2.23. The van der Waals surface area contributed by atoms with Crippen LogP contribution in [0.2, 0.25) is 5.02 Å². The van der Waals surface area contributed by atoms with E-state index in [0.717, 1.165) is 34.9 Å². The van der Waals surface area contributed by atoms with Gasteiger partial charge < -0.3 is 14.2 Å². The number of rotatable bonds is 3. The van der Waals surface area contributed by atoms with Crippen molar-refractivity contribution in [3.8, 4) is 17.4 Å². The predicted octanol–water partition coefficient (Wildman–Crippen LogP) is 4.47. The molecule has 5 nitrogen and oxygen atoms in total. The Morgan fingerprint density at radius 2 is 1.59 bits per heavy atom. The van der Waals surface area contributed by atoms with Gasteiger partial charge in [-0.1, -0.05) is 53.6 Å². The fraction of sp³-hybridized carbons (Fsp3) is 0.217. The van der Waals surface area contributed by atoms with E-state index in [-0.39, 0.29) is 5.56 Å². The Kier molecular flexibility index (Phi) is 5.28. The number of para-hydroxylation sites is 1. The van der Waals surface area contributed by atoms with Gasteiger partial charge in [0.05, 0.1) is 16.4 Å². The molecule has 29 heavy (non-hydrogen) atoms. The minimum atomic E-state index is -0.603. The van der Waals surface area contributed by atoms with Gasteiger partial charge in [-0.25, -0.2) is 4.79 Å². The van der Waals surface area contributed by atoms with E-state index < -0.39 is 5.63 Å². The summed E-state index contributed by atoms with van der Waals surface area (Å²) < 4.78 is 5.43. The zero-order valence-electron chi connectivity index (χ0n) is 16.1. The third kappa shape index (κ3) is 3.85. The maximum atomic E-state index is 12.5. The third-order valence-electron chi connectivity index (χ3n) is 5.19. The van der Waals surface area contributed by atoms with Gasteiger partial charge in [0.15, 0.2) is 5.56 Å². The molecule has 0 aliphatic carbocycles. The number of nitrogens with zero attached hydrogens (tertiary/aromatic N) is 3. The van der Waals surface area contributed by atoms with Crippen molar-refractivity contribution < 1.29 is 4.42 Å². The highest BCUT2D eigenvalue weighted by molar-refractivity contribution is 6.33. The Balaban J connectivity index is 1.63. The maximum Gasteiger partial charge on any atom is 0.356 e. The van der Waals surface area contributed by atoms with Crippen LogP contribution in [0, 0.1) is 18.3 Å². The van der Waals surface area contributed by atoms with E-state index in [4.69, 9.17) is 16.0 Å². The first-order valence-corrected chi connectivity index (χ1v) is 9.84. The van der Waals surface area contributed by atoms with E-state index in [9.17, 15) is 10.1 Å². The Hall–Kier alpha value is -3.23. The van der Waals surface area contributed by atoms with E-state index in [1.807, 2.05) is 61.5 Å². The molecule has 1 aromatic heterocycles. The molecule has 4 rings (SSSR count). The number of halogens is 1. The molecule has 2 heterocycles. The minimum Gasteiger partial charge on any atom is -0.422 e. The van der Waals surface area contributed by atoms with Gasteiger partial charge in [0.25, 0.3) is 0 Å². The summed E-state index contributed by atoms with van der Waals surface area (Å²) >= 11 is 6.33. The van der Waals surface area contributed by atoms with Gasteiger partial charge in [-0.15, -0.1) is 0 Å². The van der Waals surface area contributed by atoms with Crippen LogP contribution in [-0.2, 0) is 0 Å². The Bertz CT molecular complexity index is 1120. The summed E-state index contributed by atoms with van der Waals surface area (Å²) in [5.41, 5.74) is 3.01. The van der Waals surface area contributed by atoms with Gasteiger partial charge in [-0.05, 0) is 19.1 Å². The van der Waals surface area contributed by atoms with Crippen LogP contribution in [0.3, 0.4) is 0 Å². The van der Waals surface area contributed by atoms with E-state index in [1.165, 1.54) is 0 Å². The topological polar surface area (TPSA) is 60.5 Å². The van der Waals surface area contributed by atoms with E-state index in [2.05, 4.69) is 9.80 Å². The lowest BCUT2D eigenvalue weighted by molar-refractivity contribution is 0.521. The second kappa shape index (κ2) is 8.02. The molecule has 6 heteroatoms. The standard InChI is InChI=1S/C23H20ClN3O2/c1-16-6-8-17(9-7-16)22-14-21(18(15-25)23(28)29-22)27-12-10-26(11-13-27)20-5-3-2-4-19(20)24/h2-9,14H,10-13H2,1H3. The Morgan fingerprint density at radius 3 is 2.21 bits per heavy atom. The number of hydrogen-bond donors (Lipinski definition) is 0. The zero-order valence-corrected chi connectivity index (χ0v) is 16.8. The summed E-state index contributed by atoms with van der Waals surface area (Å²) in [5, 5.41) is 10.3. The molecule has 0 atom stereocenters. The first kappa shape index (κ1) is 19.1. The molecular weight excluding hydrogens is 386 g/mol. The molecule has 1 aliphatic rings. The van der Waals surface area contributed by atoms with Crippen LogP contribution in [0.25, 0.3) is 11.3 Å². The van der Waals surface area contributed by atoms with Crippen LogP contribution >= 0.6 is 11.6 Å². The van der Waals surface area contributed by atoms with Crippen molar-refractivity contribution in [3.63, 3.8) is 0 Å². The molecule has 0 N–H and O–H groups in total. The lowest BCUT2D eigenvalue weighted by Gasteiger charge is -2.37. The second-order valence-electron chi connectivity index (χ2n) is 7.06. The normalized spacial score (nSPS) is 14.0. The molecule has 2 aromatic carbocycles. The van der Waals surface area contributed by atoms with E-state index in [0.29, 0.717) is 24.5 Å². The first-order valence-electron chi connectivity index (χ1n) is 9.46. The number of piperazine rings is 1. The van der Waals surface area contributed by atoms with Crippen molar-refractivity contribution in [2.24, 2.45) is 0 Å². The molecule has 0 spiro atoms. The molecule has 1 aliphatic heterocycles. The quantitative estimate of drug-likeness (QED) is 0.643. The molecule has 0 unspecified atom stereocenters. The molecule has 3 aromatic rings. The SMILES string of the molecule is Cc1ccc(-c2cc(N3CCN(c4ccccc4Cl)CC3)c(C#N)c(=O)o2)cc1. The monoisotopic (exact) mass is 405 g/mol. The van der Waals surface area contributed by atoms with Crippen LogP contribution in [0.1, 0.15) is 11.1 Å². The number of benzene rings is 2. The van der Waals surface area contributed by atoms with Gasteiger partial charge in [-0.2, -0.15) is 5.26 Å². The lowest BCUT2D eigenvalue weighted by atomic mass is 10.1. The zero-order chi connectivity index (χ0) is 20.4. The average molecular weight is 406 g/mol. The molecule has 1 fully saturated rings. The predicted molar refractivity (Wildman–Crippen MR) is 116 cm³/mol. The fourth-order valence-corrected chi connectivity index (χ4v) is 3.85. The number of hydrogen-bond acceptors (Lipinski definition) is 5. The van der Waals surface area contributed by atoms with Crippen molar-refractivity contribution in [1.82, 2.24) is 0 Å². The highest BCUT2D eigenvalue weighted by Crippen LogP contribution is 2.30. The summed E-state index contributed by atoms with van der Waals surface area (Å²) in [6.07, 6.45) is 0. The maximum absolute atomic E-state index is 12.5. The van der Waals surface area contributed by atoms with Crippen molar-refractivity contribution in [1.29, 1.82) is 5.26 Å². The van der Waals surface area contributed by atoms with Crippen LogP contribution < -0.4 is 15.4 Å². The largest absolute Gasteiger partial charge is 0.422 e. The van der Waals surface area contributed by atoms with Gasteiger partial charge in [0.2, 0.25) is 0 Å². The van der Waals surface area contributed by atoms with Crippen molar-refractivity contribution >= 4 is 23.0 Å². The smallest absolute Gasteiger partial charge is 0.356 e. The number of anilines is 2. The second-order valence-corrected chi connectivity index (χ2v) is 7.47. The third-order valence-corrected chi connectivity index (χ3v) is 5.51. The molecule has 0 amide bonds. The number of aryl methyl sites for hydroxylation is 1. The molecule has 0 saturated carbocycles. The van der Waals surface area contributed by atoms with Crippen LogP contribution in [0.5, 0.6) is 0 Å². The van der Waals surface area contributed by atoms with Gasteiger partial charge in [-0.3, -0.25) is 0 Å². The lowest BCUT2D eigenvalue weighted by Crippen LogP contribution is -2.47. The summed E-state index contributed by atoms with van der Waals surface area (Å²) in [4.78, 5) is 16.8. The summed E-state index contributed by atoms with van der Waals surface area (Å²) in [7, 11) is 0. The van der Waals surface area contributed by atoms with E-state index >= 15 is 0 Å². The molecular formula is C23H20ClN3O2. The minimum absolute atomic E-state index is 0.0482. The molecule has 1 saturated heterocycles. The van der Waals surface area contributed by atoms with Crippen molar-refractivity contribution in [2.75, 3.05) is 36.0 Å². The van der Waals surface area contributed by atoms with Crippen LogP contribution in [0.4, 0.5) is 11.4 Å². The van der Waals surface area contributed by atoms with Crippen molar-refractivity contribution in [3.05, 3.63) is 81.2 Å². The van der Waals surface area contributed by atoms with E-state index in [1.54, 1.807) is 6.07 Å². The summed E-state index contributed by atoms with van der Waals surface area (Å²) in [6.45, 7) is 4.85. The molecule has 0 bridgehead atoms. The highest BCUT2D eigenvalue weighted by atomic mass is 35.5. The first-order chi connectivity index (χ1) is 14.1. The molecule has 0 radical (unpaired) electrons. The van der Waals surface area contributed by atoms with Gasteiger partial charge in [0, 0.05) is 37.8 Å². The Morgan fingerprint density at radius 1 is 0.966 bits per heavy atom. The van der Waals surface area contributed by atoms with Gasteiger partial charge >= 0.3 is 5.63 Å². The van der Waals surface area contributed by atoms with Crippen molar-refractivity contribution in [2.45, 2.75) is 6.92 Å². The van der Waals surface area contributed by atoms with Crippen LogP contribution in [-0.4, -0.2) is 26.2 Å². The van der Waals surface area contributed by atoms with Crippen LogP contribution in [0.15, 0.2) is 63.8 Å². The Labute approximate surface area is 174 Å².